The largest absolute Gasteiger partial charge is 0.353 e. The maximum Gasteiger partial charge on any atom is 0.289 e. The Labute approximate surface area is 198 Å². The second kappa shape index (κ2) is 10.8. The summed E-state index contributed by atoms with van der Waals surface area (Å²) in [6.07, 6.45) is 2.84. The Morgan fingerprint density at radius 3 is 2.29 bits per heavy atom. The quantitative estimate of drug-likeness (QED) is 0.313. The van der Waals surface area contributed by atoms with Crippen molar-refractivity contribution in [2.45, 2.75) is 43.6 Å². The average molecular weight is 483 g/mol. The molecule has 0 aromatic heterocycles. The molecule has 0 spiro atoms. The van der Waals surface area contributed by atoms with Gasteiger partial charge in [0, 0.05) is 12.7 Å². The number of nitro benzene ring substituents is 1. The molecule has 34 heavy (non-hydrogen) atoms. The monoisotopic (exact) mass is 482 g/mol. The number of anilines is 1. The fourth-order valence-corrected chi connectivity index (χ4v) is 5.41. The maximum absolute atomic E-state index is 13.6. The Bertz CT molecular complexity index is 1210. The number of sulfonamides is 1. The number of benzene rings is 3. The van der Waals surface area contributed by atoms with Crippen LogP contribution in [-0.2, 0) is 32.6 Å². The van der Waals surface area contributed by atoms with E-state index >= 15 is 0 Å². The first-order chi connectivity index (χ1) is 16.4. The van der Waals surface area contributed by atoms with Crippen LogP contribution in [0, 0.1) is 10.1 Å². The Balaban J connectivity index is 1.57. The van der Waals surface area contributed by atoms with E-state index in [2.05, 4.69) is 0 Å². The van der Waals surface area contributed by atoms with Crippen LogP contribution in [0.3, 0.4) is 0 Å². The molecule has 0 amide bonds. The summed E-state index contributed by atoms with van der Waals surface area (Å²) in [7, 11) is -4.21. The molecular weight excluding hydrogens is 456 g/mol. The molecule has 1 heterocycles. The topological polar surface area (TPSA) is 99.0 Å². The highest BCUT2D eigenvalue weighted by atomic mass is 32.2. The summed E-state index contributed by atoms with van der Waals surface area (Å²) in [5.74, 6) is 0. The van der Waals surface area contributed by atoms with Crippen LogP contribution in [0.15, 0.2) is 83.8 Å². The van der Waals surface area contributed by atoms with Crippen LogP contribution in [-0.4, -0.2) is 26.2 Å². The molecule has 1 aliphatic rings. The number of hydrogen-bond donors (Lipinski definition) is 0. The Hall–Kier alpha value is -3.27. The zero-order valence-corrected chi connectivity index (χ0v) is 19.4. The van der Waals surface area contributed by atoms with Crippen molar-refractivity contribution < 1.29 is 22.8 Å². The van der Waals surface area contributed by atoms with Crippen LogP contribution >= 0.6 is 0 Å². The molecule has 0 radical (unpaired) electrons. The highest BCUT2D eigenvalue weighted by molar-refractivity contribution is 7.93. The second-order valence-electron chi connectivity index (χ2n) is 8.00. The van der Waals surface area contributed by atoms with Gasteiger partial charge in [0.1, 0.15) is 0 Å². The van der Waals surface area contributed by atoms with Gasteiger partial charge in [-0.3, -0.25) is 14.4 Å². The van der Waals surface area contributed by atoms with Gasteiger partial charge in [0.15, 0.2) is 11.2 Å². The van der Waals surface area contributed by atoms with Gasteiger partial charge in [-0.15, -0.1) is 0 Å². The van der Waals surface area contributed by atoms with Crippen LogP contribution in [0.5, 0.6) is 0 Å². The Kier molecular flexibility index (Phi) is 7.56. The van der Waals surface area contributed by atoms with Gasteiger partial charge in [-0.25, -0.2) is 8.42 Å². The lowest BCUT2D eigenvalue weighted by Crippen LogP contribution is -2.31. The normalized spacial score (nSPS) is 16.2. The molecule has 1 unspecified atom stereocenters. The van der Waals surface area contributed by atoms with E-state index in [1.165, 1.54) is 28.6 Å². The molecule has 178 valence electrons. The minimum atomic E-state index is -4.21. The van der Waals surface area contributed by atoms with Gasteiger partial charge in [0.2, 0.25) is 0 Å². The molecule has 3 aromatic rings. The van der Waals surface area contributed by atoms with Gasteiger partial charge in [0.25, 0.3) is 15.7 Å². The number of nitrogens with zero attached hydrogens (tertiary/aromatic N) is 2. The van der Waals surface area contributed by atoms with Crippen LogP contribution in [0.1, 0.15) is 30.4 Å². The van der Waals surface area contributed by atoms with Crippen molar-refractivity contribution in [3.05, 3.63) is 100 Å². The summed E-state index contributed by atoms with van der Waals surface area (Å²) < 4.78 is 39.8. The lowest BCUT2D eigenvalue weighted by atomic mass is 10.1. The van der Waals surface area contributed by atoms with Gasteiger partial charge < -0.3 is 9.47 Å². The highest BCUT2D eigenvalue weighted by Gasteiger charge is 2.31. The number of para-hydroxylation sites is 2. The average Bonchev–Trinajstić information content (AvgIpc) is 2.87. The number of rotatable bonds is 9. The molecule has 0 saturated carbocycles. The first kappa shape index (κ1) is 23.9. The van der Waals surface area contributed by atoms with Crippen molar-refractivity contribution in [3.63, 3.8) is 0 Å². The second-order valence-corrected chi connectivity index (χ2v) is 9.83. The van der Waals surface area contributed by atoms with E-state index in [1.807, 2.05) is 24.3 Å². The molecule has 1 saturated heterocycles. The van der Waals surface area contributed by atoms with Crippen molar-refractivity contribution >= 4 is 21.4 Å². The number of hydrogen-bond acceptors (Lipinski definition) is 6. The minimum absolute atomic E-state index is 0.0191. The van der Waals surface area contributed by atoms with Gasteiger partial charge in [-0.2, -0.15) is 0 Å². The summed E-state index contributed by atoms with van der Waals surface area (Å²) in [5, 5.41) is 11.5. The van der Waals surface area contributed by atoms with Crippen LogP contribution in [0.25, 0.3) is 0 Å². The molecule has 1 aliphatic heterocycles. The van der Waals surface area contributed by atoms with E-state index in [0.717, 1.165) is 30.4 Å². The first-order valence-corrected chi connectivity index (χ1v) is 12.5. The predicted molar refractivity (Wildman–Crippen MR) is 128 cm³/mol. The Morgan fingerprint density at radius 1 is 0.941 bits per heavy atom. The van der Waals surface area contributed by atoms with E-state index in [4.69, 9.17) is 9.47 Å². The minimum Gasteiger partial charge on any atom is -0.353 e. The lowest BCUT2D eigenvalue weighted by molar-refractivity contribution is -0.387. The molecule has 3 aromatic carbocycles. The molecule has 1 fully saturated rings. The number of ether oxygens (including phenoxy) is 2. The molecule has 4 rings (SSSR count). The van der Waals surface area contributed by atoms with Crippen molar-refractivity contribution in [2.24, 2.45) is 0 Å². The SMILES string of the molecule is O=[N+]([O-])c1ccccc1S(=O)(=O)N(Cc1ccc(COC2CCCCO2)cc1)c1ccccc1. The molecule has 9 heteroatoms. The van der Waals surface area contributed by atoms with Gasteiger partial charge >= 0.3 is 0 Å². The zero-order valence-electron chi connectivity index (χ0n) is 18.6. The summed E-state index contributed by atoms with van der Waals surface area (Å²) in [6.45, 7) is 1.14. The van der Waals surface area contributed by atoms with E-state index in [0.29, 0.717) is 18.9 Å². The van der Waals surface area contributed by atoms with Gasteiger partial charge in [0.05, 0.1) is 23.8 Å². The van der Waals surface area contributed by atoms with Crippen molar-refractivity contribution in [2.75, 3.05) is 10.9 Å². The van der Waals surface area contributed by atoms with E-state index < -0.39 is 20.6 Å². The third-order valence-electron chi connectivity index (χ3n) is 5.60. The summed E-state index contributed by atoms with van der Waals surface area (Å²) >= 11 is 0. The maximum atomic E-state index is 13.6. The molecule has 0 bridgehead atoms. The van der Waals surface area contributed by atoms with Crippen LogP contribution < -0.4 is 4.31 Å². The fourth-order valence-electron chi connectivity index (χ4n) is 3.79. The summed E-state index contributed by atoms with van der Waals surface area (Å²) in [4.78, 5) is 10.5. The standard InChI is InChI=1S/C25H26N2O6S/c28-27(29)23-10-4-5-11-24(23)34(30,31)26(22-8-2-1-3-9-22)18-20-13-15-21(16-14-20)19-33-25-12-6-7-17-32-25/h1-5,8-11,13-16,25H,6-7,12,17-19H2. The molecule has 8 nitrogen and oxygen atoms in total. The summed E-state index contributed by atoms with van der Waals surface area (Å²) in [5.41, 5.74) is 1.65. The van der Waals surface area contributed by atoms with E-state index in [1.54, 1.807) is 30.3 Å². The predicted octanol–water partition coefficient (Wildman–Crippen LogP) is 5.03. The molecule has 1 atom stereocenters. The van der Waals surface area contributed by atoms with Crippen molar-refractivity contribution in [1.82, 2.24) is 0 Å². The number of nitro groups is 1. The molecule has 0 aliphatic carbocycles. The van der Waals surface area contributed by atoms with Crippen molar-refractivity contribution in [3.8, 4) is 0 Å². The third kappa shape index (κ3) is 5.61. The smallest absolute Gasteiger partial charge is 0.289 e. The molecule has 0 N–H and O–H groups in total. The molecular formula is C25H26N2O6S. The van der Waals surface area contributed by atoms with Gasteiger partial charge in [-0.05, 0) is 48.6 Å². The first-order valence-electron chi connectivity index (χ1n) is 11.1. The Morgan fingerprint density at radius 2 is 1.62 bits per heavy atom. The lowest BCUT2D eigenvalue weighted by Gasteiger charge is -2.25. The van der Waals surface area contributed by atoms with E-state index in [9.17, 15) is 18.5 Å². The highest BCUT2D eigenvalue weighted by Crippen LogP contribution is 2.31. The fraction of sp³-hybridized carbons (Fsp3) is 0.280. The summed E-state index contributed by atoms with van der Waals surface area (Å²) in [6, 6.07) is 21.4. The van der Waals surface area contributed by atoms with Crippen LogP contribution in [0.2, 0.25) is 0 Å². The van der Waals surface area contributed by atoms with Crippen molar-refractivity contribution in [1.29, 1.82) is 0 Å². The van der Waals surface area contributed by atoms with E-state index in [-0.39, 0.29) is 17.7 Å². The third-order valence-corrected chi connectivity index (χ3v) is 7.42. The zero-order chi connectivity index (χ0) is 24.0. The van der Waals surface area contributed by atoms with Gasteiger partial charge in [-0.1, -0.05) is 54.6 Å². The van der Waals surface area contributed by atoms with Crippen LogP contribution in [0.4, 0.5) is 11.4 Å².